The predicted octanol–water partition coefficient (Wildman–Crippen LogP) is 0.871. The first-order valence-corrected chi connectivity index (χ1v) is 25.0. The van der Waals surface area contributed by atoms with Crippen molar-refractivity contribution < 1.29 is 54.6 Å². The average molecular weight is 993 g/mol. The smallest absolute Gasteiger partial charge is 0.273 e. The van der Waals surface area contributed by atoms with Crippen LogP contribution in [0, 0.1) is 13.8 Å². The maximum atomic E-state index is 14.5. The Labute approximate surface area is 395 Å². The van der Waals surface area contributed by atoms with Crippen LogP contribution in [-0.4, -0.2) is 122 Å². The first kappa shape index (κ1) is 51.7. The number of amides is 4. The molecule has 0 radical (unpaired) electrons. The number of pyridine rings is 4. The topological polar surface area (TPSA) is 313 Å². The van der Waals surface area contributed by atoms with Gasteiger partial charge in [0.05, 0.1) is 81.8 Å². The zero-order chi connectivity index (χ0) is 51.0. The molecule has 368 valence electrons. The van der Waals surface area contributed by atoms with Crippen LogP contribution in [0.4, 0.5) is 0 Å². The molecule has 4 unspecified atom stereocenters. The molecule has 0 fully saturated rings. The van der Waals surface area contributed by atoms with Crippen LogP contribution in [0.3, 0.4) is 0 Å². The predicted molar refractivity (Wildman–Crippen MR) is 254 cm³/mol. The lowest BCUT2D eigenvalue weighted by Crippen LogP contribution is -2.54. The van der Waals surface area contributed by atoms with Crippen molar-refractivity contribution in [3.05, 3.63) is 104 Å². The summed E-state index contributed by atoms with van der Waals surface area (Å²) in [4.78, 5) is 94.2. The lowest BCUT2D eigenvalue weighted by molar-refractivity contribution is -0.157. The molecule has 0 bridgehead atoms. The van der Waals surface area contributed by atoms with Crippen molar-refractivity contribution in [2.45, 2.75) is 70.5 Å². The third-order valence-electron chi connectivity index (χ3n) is 11.4. The van der Waals surface area contributed by atoms with Gasteiger partial charge in [-0.1, -0.05) is 36.4 Å². The molecule has 0 aliphatic carbocycles. The van der Waals surface area contributed by atoms with Crippen molar-refractivity contribution in [1.29, 1.82) is 0 Å². The Bertz CT molecular complexity index is 3210. The Balaban J connectivity index is 1.47. The van der Waals surface area contributed by atoms with E-state index in [1.54, 1.807) is 50.2 Å². The Kier molecular flexibility index (Phi) is 14.8. The third kappa shape index (κ3) is 10.8. The molecule has 0 saturated heterocycles. The molecule has 69 heavy (non-hydrogen) atoms. The SMILES string of the molecule is CNC(=O)C(O)(CCCC(O)(C(=O)NC)n1cc(C(=O)NC(C)COS(C)(=O)=O)c2nc3c(C)cccc3cc2c1=O)n1cc(C(=O)NC(C)COS(C)(=O)=O)c2nc3c(C)cccc3cc2c1=O. The number of carbonyl (C=O) groups excluding carboxylic acids is 4. The number of hydrogen-bond acceptors (Lipinski definition) is 16. The standard InChI is InChI=1S/C45H52N8O14S2/c1-24-12-9-14-28-18-30-36(50-34(24)28)32(38(54)48-26(3)22-66-68(7,62)63)20-52(40(30)56)44(60,42(58)46-5)16-11-17-45(61,43(59)47-6)53-21-33(39(55)49-27(4)23-67-69(8,64)65)37-31(41(53)57)19-29-15-10-13-25(2)35(29)51-37/h9-10,12-15,18-21,26-27,60-61H,11,16-17,22-23H2,1-8H3,(H,46,58)(H,47,59)(H,48,54)(H,49,55). The summed E-state index contributed by atoms with van der Waals surface area (Å²) >= 11 is 0. The number of nitrogens with zero attached hydrogens (tertiary/aromatic N) is 4. The van der Waals surface area contributed by atoms with E-state index in [0.717, 1.165) is 24.9 Å². The molecule has 6 aromatic rings. The van der Waals surface area contributed by atoms with Crippen molar-refractivity contribution in [2.75, 3.05) is 39.8 Å². The minimum absolute atomic E-state index is 0.120. The van der Waals surface area contributed by atoms with E-state index in [1.807, 2.05) is 0 Å². The minimum Gasteiger partial charge on any atom is -0.363 e. The normalized spacial score (nSPS) is 14.8. The van der Waals surface area contributed by atoms with E-state index >= 15 is 0 Å². The molecule has 6 rings (SSSR count). The number of nitrogens with one attached hydrogen (secondary N) is 4. The van der Waals surface area contributed by atoms with Crippen molar-refractivity contribution in [2.24, 2.45) is 0 Å². The van der Waals surface area contributed by atoms with Gasteiger partial charge in [-0.15, -0.1) is 0 Å². The minimum atomic E-state index is -3.90. The monoisotopic (exact) mass is 992 g/mol. The molecular formula is C45H52N8O14S2. The maximum absolute atomic E-state index is 14.5. The lowest BCUT2D eigenvalue weighted by atomic mass is 9.97. The maximum Gasteiger partial charge on any atom is 0.273 e. The summed E-state index contributed by atoms with van der Waals surface area (Å²) in [6.07, 6.45) is 1.47. The fourth-order valence-corrected chi connectivity index (χ4v) is 8.78. The van der Waals surface area contributed by atoms with Gasteiger partial charge in [-0.25, -0.2) is 9.97 Å². The van der Waals surface area contributed by atoms with Gasteiger partial charge in [0.25, 0.3) is 55.0 Å². The number of rotatable bonds is 18. The molecule has 22 nitrogen and oxygen atoms in total. The highest BCUT2D eigenvalue weighted by Crippen LogP contribution is 2.31. The van der Waals surface area contributed by atoms with Gasteiger partial charge in [0.1, 0.15) is 0 Å². The van der Waals surface area contributed by atoms with Crippen molar-refractivity contribution in [3.8, 4) is 0 Å². The fourth-order valence-electron chi connectivity index (χ4n) is 7.88. The third-order valence-corrected chi connectivity index (χ3v) is 12.5. The number of carbonyl (C=O) groups is 4. The van der Waals surface area contributed by atoms with Crippen LogP contribution in [0.2, 0.25) is 0 Å². The number of aryl methyl sites for hydroxylation is 2. The van der Waals surface area contributed by atoms with Gasteiger partial charge < -0.3 is 31.5 Å². The summed E-state index contributed by atoms with van der Waals surface area (Å²) in [6, 6.07) is 11.3. The molecule has 6 N–H and O–H groups in total. The number of aromatic nitrogens is 4. The van der Waals surface area contributed by atoms with Crippen molar-refractivity contribution in [1.82, 2.24) is 40.4 Å². The van der Waals surface area contributed by atoms with Gasteiger partial charge in [0.15, 0.2) is 0 Å². The van der Waals surface area contributed by atoms with E-state index in [4.69, 9.17) is 8.37 Å². The van der Waals surface area contributed by atoms with Gasteiger partial charge in [-0.05, 0) is 57.4 Å². The number of para-hydroxylation sites is 2. The molecule has 4 heterocycles. The molecule has 0 aliphatic rings. The van der Waals surface area contributed by atoms with Crippen LogP contribution in [0.5, 0.6) is 0 Å². The van der Waals surface area contributed by atoms with Gasteiger partial charge in [0, 0.05) is 50.1 Å². The fraction of sp³-hybridized carbons (Fsp3) is 0.378. The summed E-state index contributed by atoms with van der Waals surface area (Å²) in [6.45, 7) is 5.50. The summed E-state index contributed by atoms with van der Waals surface area (Å²) in [5.74, 6) is -4.11. The highest BCUT2D eigenvalue weighted by molar-refractivity contribution is 7.86. The summed E-state index contributed by atoms with van der Waals surface area (Å²) in [5.41, 5.74) is -6.34. The number of likely N-dealkylation sites (N-methyl/N-ethyl adjacent to an activating group) is 2. The highest BCUT2D eigenvalue weighted by atomic mass is 32.2. The average Bonchev–Trinajstić information content (AvgIpc) is 3.28. The first-order chi connectivity index (χ1) is 32.2. The molecule has 0 spiro atoms. The van der Waals surface area contributed by atoms with Crippen LogP contribution in [0.1, 0.15) is 65.0 Å². The molecule has 4 amide bonds. The molecule has 24 heteroatoms. The first-order valence-electron chi connectivity index (χ1n) is 21.3. The van der Waals surface area contributed by atoms with Gasteiger partial charge in [0.2, 0.25) is 11.4 Å². The second-order valence-electron chi connectivity index (χ2n) is 16.9. The Morgan fingerprint density at radius 1 is 0.652 bits per heavy atom. The summed E-state index contributed by atoms with van der Waals surface area (Å²) in [7, 11) is -5.46. The Morgan fingerprint density at radius 3 is 1.35 bits per heavy atom. The van der Waals surface area contributed by atoms with E-state index in [0.29, 0.717) is 42.1 Å². The second kappa shape index (κ2) is 19.7. The van der Waals surface area contributed by atoms with Crippen LogP contribution >= 0.6 is 0 Å². The lowest BCUT2D eigenvalue weighted by Gasteiger charge is -2.32. The highest BCUT2D eigenvalue weighted by Gasteiger charge is 2.44. The second-order valence-corrected chi connectivity index (χ2v) is 20.2. The molecule has 0 saturated carbocycles. The number of hydrogen-bond donors (Lipinski definition) is 6. The molecule has 2 aromatic carbocycles. The zero-order valence-corrected chi connectivity index (χ0v) is 40.5. The Hall–Kier alpha value is -6.70. The molecule has 4 aromatic heterocycles. The van der Waals surface area contributed by atoms with Gasteiger partial charge >= 0.3 is 0 Å². The molecule has 4 atom stereocenters. The van der Waals surface area contributed by atoms with Gasteiger partial charge in [-0.2, -0.15) is 16.8 Å². The van der Waals surface area contributed by atoms with E-state index in [9.17, 15) is 55.8 Å². The van der Waals surface area contributed by atoms with Crippen LogP contribution in [0.15, 0.2) is 70.5 Å². The number of aliphatic hydroxyl groups is 2. The van der Waals surface area contributed by atoms with Crippen LogP contribution in [-0.2, 0) is 49.6 Å². The largest absolute Gasteiger partial charge is 0.363 e. The van der Waals surface area contributed by atoms with Crippen molar-refractivity contribution in [3.63, 3.8) is 0 Å². The molecular weight excluding hydrogens is 941 g/mol. The summed E-state index contributed by atoms with van der Waals surface area (Å²) < 4.78 is 57.7. The van der Waals surface area contributed by atoms with E-state index in [2.05, 4.69) is 31.2 Å². The van der Waals surface area contributed by atoms with Crippen molar-refractivity contribution >= 4 is 87.5 Å². The van der Waals surface area contributed by atoms with E-state index in [-0.39, 0.29) is 32.9 Å². The number of benzene rings is 2. The van der Waals surface area contributed by atoms with E-state index < -0.39 is 111 Å². The molecule has 0 aliphatic heterocycles. The van der Waals surface area contributed by atoms with Crippen LogP contribution < -0.4 is 32.4 Å². The zero-order valence-electron chi connectivity index (χ0n) is 38.9. The quantitative estimate of drug-likeness (QED) is 0.0514. The Morgan fingerprint density at radius 2 is 1.01 bits per heavy atom. The van der Waals surface area contributed by atoms with E-state index in [1.165, 1.54) is 40.1 Å². The van der Waals surface area contributed by atoms with Gasteiger partial charge in [-0.3, -0.25) is 46.3 Å². The van der Waals surface area contributed by atoms with Crippen LogP contribution in [0.25, 0.3) is 43.6 Å². The number of fused-ring (bicyclic) bond motifs is 4. The summed E-state index contributed by atoms with van der Waals surface area (Å²) in [5, 5.41) is 35.2.